The number of hydrogen-bond acceptors (Lipinski definition) is 10. The number of nitrogens with two attached hydrogens (primary N) is 1. The Balaban J connectivity index is 1.57. The highest BCUT2D eigenvalue weighted by atomic mass is 79.9. The summed E-state index contributed by atoms with van der Waals surface area (Å²) >= 11 is 3.20. The largest absolute Gasteiger partial charge is 0.459 e. The summed E-state index contributed by atoms with van der Waals surface area (Å²) in [5, 5.41) is 0. The van der Waals surface area contributed by atoms with Gasteiger partial charge in [0.1, 0.15) is 12.7 Å². The van der Waals surface area contributed by atoms with Crippen LogP contribution < -0.4 is 5.73 Å². The molecule has 1 aliphatic rings. The van der Waals surface area contributed by atoms with Gasteiger partial charge in [0.05, 0.1) is 22.3 Å². The fourth-order valence-corrected chi connectivity index (χ4v) is 5.39. The summed E-state index contributed by atoms with van der Waals surface area (Å²) in [5.74, 6) is -4.62. The molecule has 2 N–H and O–H groups in total. The minimum Gasteiger partial charge on any atom is -0.459 e. The molecule has 12 heteroatoms. The number of rotatable bonds is 10. The van der Waals surface area contributed by atoms with Crippen molar-refractivity contribution in [3.05, 3.63) is 144 Å². The highest BCUT2D eigenvalue weighted by Crippen LogP contribution is 2.40. The number of benzene rings is 4. The van der Waals surface area contributed by atoms with Gasteiger partial charge in [-0.05, 0) is 64.5 Å². The zero-order valence-electron chi connectivity index (χ0n) is 24.6. The number of hydrogen-bond donors (Lipinski definition) is 1. The topological polar surface area (TPSA) is 158 Å². The Morgan fingerprint density at radius 2 is 0.936 bits per heavy atom. The summed E-state index contributed by atoms with van der Waals surface area (Å²) in [6.07, 6.45) is -6.60. The van der Waals surface area contributed by atoms with Gasteiger partial charge >= 0.3 is 23.9 Å². The predicted octanol–water partition coefficient (Wildman–Crippen LogP) is 4.50. The molecule has 11 nitrogen and oxygen atoms in total. The van der Waals surface area contributed by atoms with Crippen LogP contribution in [0.1, 0.15) is 41.4 Å². The second kappa shape index (κ2) is 14.8. The average Bonchev–Trinajstić information content (AvgIpc) is 3.11. The summed E-state index contributed by atoms with van der Waals surface area (Å²) in [6, 6.07) is 31.6. The molecule has 1 amide bonds. The van der Waals surface area contributed by atoms with Gasteiger partial charge in [0.15, 0.2) is 18.3 Å². The van der Waals surface area contributed by atoms with E-state index in [1.807, 2.05) is 0 Å². The van der Waals surface area contributed by atoms with Gasteiger partial charge in [0.2, 0.25) is 4.51 Å². The van der Waals surface area contributed by atoms with Crippen molar-refractivity contribution in [3.8, 4) is 0 Å². The predicted molar refractivity (Wildman–Crippen MR) is 169 cm³/mol. The number of carbonyl (C=O) groups excluding carboxylic acids is 5. The van der Waals surface area contributed by atoms with Crippen molar-refractivity contribution in [2.45, 2.75) is 28.9 Å². The van der Waals surface area contributed by atoms with Crippen LogP contribution in [0, 0.1) is 0 Å². The van der Waals surface area contributed by atoms with E-state index in [-0.39, 0.29) is 22.3 Å². The average molecular weight is 703 g/mol. The maximum atomic E-state index is 13.5. The number of halogens is 1. The Morgan fingerprint density at radius 1 is 0.574 bits per heavy atom. The molecule has 1 heterocycles. The highest BCUT2D eigenvalue weighted by molar-refractivity contribution is 9.10. The lowest BCUT2D eigenvalue weighted by Crippen LogP contribution is -2.69. The third-order valence-electron chi connectivity index (χ3n) is 7.15. The third-order valence-corrected chi connectivity index (χ3v) is 8.18. The molecule has 0 saturated carbocycles. The van der Waals surface area contributed by atoms with Crippen LogP contribution >= 0.6 is 15.9 Å². The number of amides is 1. The SMILES string of the molecule is NC(=O)[C@]1(Br)OC(COC(=O)c2ccccc2)C(OC(=O)c2ccccc2)C(OC(=O)c2ccccc2)C1OC(=O)c1ccccc1. The standard InChI is InChI=1S/C35H28BrNO10/c36-35(34(37)42)29(46-33(41)25-19-11-4-12-20-25)28(45-32(40)24-17-9-3-10-18-24)27(44-31(39)23-15-7-2-8-16-23)26(47-35)21-43-30(38)22-13-5-1-6-14-22/h1-20,26-29H,21H2,(H2,37,42)/t26?,27?,28?,29?,35-/m1/s1. The Labute approximate surface area is 277 Å². The molecule has 0 radical (unpaired) electrons. The zero-order chi connectivity index (χ0) is 33.4. The molecule has 5 rings (SSSR count). The van der Waals surface area contributed by atoms with Gasteiger partial charge in [0.25, 0.3) is 5.91 Å². The molecular weight excluding hydrogens is 674 g/mol. The van der Waals surface area contributed by atoms with Gasteiger partial charge in [-0.15, -0.1) is 0 Å². The van der Waals surface area contributed by atoms with E-state index in [0.717, 1.165) is 0 Å². The number of primary amides is 1. The Kier molecular flexibility index (Phi) is 10.4. The summed E-state index contributed by atoms with van der Waals surface area (Å²) < 4.78 is 26.8. The van der Waals surface area contributed by atoms with E-state index in [1.54, 1.807) is 72.8 Å². The number of alkyl halides is 1. The van der Waals surface area contributed by atoms with Crippen LogP contribution in [0.25, 0.3) is 0 Å². The smallest absolute Gasteiger partial charge is 0.338 e. The van der Waals surface area contributed by atoms with E-state index < -0.39 is 65.3 Å². The van der Waals surface area contributed by atoms with Crippen molar-refractivity contribution in [2.24, 2.45) is 5.73 Å². The first kappa shape index (κ1) is 33.0. The minimum atomic E-state index is -2.35. The van der Waals surface area contributed by atoms with E-state index in [0.29, 0.717) is 0 Å². The monoisotopic (exact) mass is 701 g/mol. The molecule has 47 heavy (non-hydrogen) atoms. The summed E-state index contributed by atoms with van der Waals surface area (Å²) in [7, 11) is 0. The molecule has 1 fully saturated rings. The second-order valence-corrected chi connectivity index (χ2v) is 11.5. The van der Waals surface area contributed by atoms with Gasteiger partial charge in [-0.1, -0.05) is 72.8 Å². The van der Waals surface area contributed by atoms with Crippen LogP contribution in [0.5, 0.6) is 0 Å². The molecule has 0 aliphatic carbocycles. The van der Waals surface area contributed by atoms with Gasteiger partial charge in [-0.2, -0.15) is 0 Å². The second-order valence-electron chi connectivity index (χ2n) is 10.3. The normalized spacial score (nSPS) is 21.9. The molecule has 0 aromatic heterocycles. The quantitative estimate of drug-likeness (QED) is 0.142. The number of carbonyl (C=O) groups is 5. The lowest BCUT2D eigenvalue weighted by atomic mass is 9.93. The Hall–Kier alpha value is -5.33. The van der Waals surface area contributed by atoms with Crippen LogP contribution in [-0.2, 0) is 28.5 Å². The van der Waals surface area contributed by atoms with E-state index in [9.17, 15) is 24.0 Å². The minimum absolute atomic E-state index is 0.0942. The lowest BCUT2D eigenvalue weighted by molar-refractivity contribution is -0.234. The maximum Gasteiger partial charge on any atom is 0.338 e. The molecular formula is C35H28BrNO10. The molecule has 240 valence electrons. The Morgan fingerprint density at radius 3 is 1.34 bits per heavy atom. The van der Waals surface area contributed by atoms with Crippen molar-refractivity contribution in [2.75, 3.05) is 6.61 Å². The molecule has 1 aliphatic heterocycles. The number of ether oxygens (including phenoxy) is 5. The van der Waals surface area contributed by atoms with Crippen LogP contribution in [0.3, 0.4) is 0 Å². The van der Waals surface area contributed by atoms with Crippen LogP contribution in [0.2, 0.25) is 0 Å². The highest BCUT2D eigenvalue weighted by Gasteiger charge is 2.62. The van der Waals surface area contributed by atoms with Crippen molar-refractivity contribution in [1.29, 1.82) is 0 Å². The number of esters is 4. The zero-order valence-corrected chi connectivity index (χ0v) is 26.2. The first-order valence-electron chi connectivity index (χ1n) is 14.3. The van der Waals surface area contributed by atoms with Crippen molar-refractivity contribution in [3.63, 3.8) is 0 Å². The van der Waals surface area contributed by atoms with Crippen molar-refractivity contribution in [1.82, 2.24) is 0 Å². The summed E-state index contributed by atoms with van der Waals surface area (Å²) in [6.45, 7) is -0.597. The van der Waals surface area contributed by atoms with Crippen molar-refractivity contribution >= 4 is 45.7 Å². The van der Waals surface area contributed by atoms with Gasteiger partial charge in [0, 0.05) is 0 Å². The molecule has 0 bridgehead atoms. The van der Waals surface area contributed by atoms with Gasteiger partial charge < -0.3 is 29.4 Å². The lowest BCUT2D eigenvalue weighted by Gasteiger charge is -2.47. The first-order chi connectivity index (χ1) is 22.7. The molecule has 4 unspecified atom stereocenters. The van der Waals surface area contributed by atoms with Crippen LogP contribution in [0.4, 0.5) is 0 Å². The molecule has 4 aromatic carbocycles. The fraction of sp³-hybridized carbons (Fsp3) is 0.171. The van der Waals surface area contributed by atoms with Gasteiger partial charge in [-0.25, -0.2) is 19.2 Å². The summed E-state index contributed by atoms with van der Waals surface area (Å²) in [5.41, 5.74) is 6.34. The van der Waals surface area contributed by atoms with Crippen LogP contribution in [0.15, 0.2) is 121 Å². The molecule has 0 spiro atoms. The fourth-order valence-electron chi connectivity index (χ4n) is 4.80. The van der Waals surface area contributed by atoms with Crippen LogP contribution in [-0.4, -0.2) is 65.3 Å². The van der Waals surface area contributed by atoms with Gasteiger partial charge in [-0.3, -0.25) is 4.79 Å². The molecule has 4 aromatic rings. The molecule has 5 atom stereocenters. The Bertz CT molecular complexity index is 1720. The third kappa shape index (κ3) is 7.74. The first-order valence-corrected chi connectivity index (χ1v) is 15.1. The van der Waals surface area contributed by atoms with E-state index >= 15 is 0 Å². The molecule has 1 saturated heterocycles. The van der Waals surface area contributed by atoms with E-state index in [4.69, 9.17) is 29.4 Å². The van der Waals surface area contributed by atoms with E-state index in [1.165, 1.54) is 48.5 Å². The van der Waals surface area contributed by atoms with Crippen molar-refractivity contribution < 1.29 is 47.7 Å². The maximum absolute atomic E-state index is 13.5. The summed E-state index contributed by atoms with van der Waals surface area (Å²) in [4.78, 5) is 66.2. The van der Waals surface area contributed by atoms with E-state index in [2.05, 4.69) is 15.9 Å².